The van der Waals surface area contributed by atoms with Gasteiger partial charge in [0.1, 0.15) is 11.2 Å². The van der Waals surface area contributed by atoms with E-state index in [0.29, 0.717) is 0 Å². The lowest BCUT2D eigenvalue weighted by Gasteiger charge is -2.48. The van der Waals surface area contributed by atoms with Crippen molar-refractivity contribution in [3.63, 3.8) is 0 Å². The van der Waals surface area contributed by atoms with Crippen LogP contribution in [0.15, 0.2) is 101 Å². The highest BCUT2D eigenvalue weighted by Crippen LogP contribution is 2.55. The number of aryl methyl sites for hydroxylation is 2. The van der Waals surface area contributed by atoms with Gasteiger partial charge in [-0.2, -0.15) is 0 Å². The molecule has 61 heavy (non-hydrogen) atoms. The van der Waals surface area contributed by atoms with Crippen LogP contribution in [0.4, 0.5) is 34.1 Å². The van der Waals surface area contributed by atoms with Crippen LogP contribution >= 0.6 is 0 Å². The molecule has 308 valence electrons. The Morgan fingerprint density at radius 3 is 1.79 bits per heavy atom. The van der Waals surface area contributed by atoms with Gasteiger partial charge in [-0.25, -0.2) is 0 Å². The first-order valence-electron chi connectivity index (χ1n) is 22.8. The molecule has 4 heteroatoms. The third-order valence-corrected chi connectivity index (χ3v) is 15.6. The number of fused-ring (bicyclic) bond motifs is 9. The molecule has 3 nitrogen and oxygen atoms in total. The maximum atomic E-state index is 6.58. The maximum Gasteiger partial charge on any atom is 0.252 e. The Morgan fingerprint density at radius 1 is 0.525 bits per heavy atom. The van der Waals surface area contributed by atoms with Gasteiger partial charge in [-0.1, -0.05) is 125 Å². The number of furan rings is 1. The van der Waals surface area contributed by atoms with Crippen LogP contribution in [0.1, 0.15) is 134 Å². The van der Waals surface area contributed by atoms with Gasteiger partial charge in [0, 0.05) is 33.8 Å². The molecule has 11 rings (SSSR count). The van der Waals surface area contributed by atoms with Crippen molar-refractivity contribution in [2.75, 3.05) is 9.80 Å². The molecular weight excluding hydrogens is 739 g/mol. The fourth-order valence-electron chi connectivity index (χ4n) is 12.5. The van der Waals surface area contributed by atoms with Crippen molar-refractivity contribution in [1.82, 2.24) is 0 Å². The highest BCUT2D eigenvalue weighted by atomic mass is 16.3. The standard InChI is InChI=1S/C57H61BN2O/c1-33-25-47-52-48(26-33)60(45-30-40-37(27-34(45)2)56(10,11)32-57(40,12)13)46-31-39-38(54(6,7)23-24-55(39,8)9)29-42(46)58(52)41-28-35(53(3,4)5)21-22-43(41)59(47)44-18-16-20-50-51(44)36-17-14-15-19-49(36)61-50/h14-22,25-31H,23-24,32H2,1-13H3. The number of anilines is 6. The summed E-state index contributed by atoms with van der Waals surface area (Å²) in [6.45, 7) is 31.5. The lowest BCUT2D eigenvalue weighted by atomic mass is 9.33. The Bertz CT molecular complexity index is 3040. The predicted molar refractivity (Wildman–Crippen MR) is 262 cm³/mol. The first kappa shape index (κ1) is 38.7. The number of hydrogen-bond acceptors (Lipinski definition) is 3. The molecular formula is C57H61BN2O. The molecule has 0 amide bonds. The fraction of sp³-hybridized carbons (Fsp3) is 0.368. The third-order valence-electron chi connectivity index (χ3n) is 15.6. The van der Waals surface area contributed by atoms with Crippen molar-refractivity contribution in [1.29, 1.82) is 0 Å². The average molecular weight is 801 g/mol. The molecule has 4 aliphatic rings. The Balaban J connectivity index is 1.29. The zero-order valence-corrected chi connectivity index (χ0v) is 38.7. The Labute approximate surface area is 364 Å². The third kappa shape index (κ3) is 5.42. The molecule has 3 heterocycles. The summed E-state index contributed by atoms with van der Waals surface area (Å²) in [5, 5.41) is 2.30. The van der Waals surface area contributed by atoms with Crippen LogP contribution in [0.2, 0.25) is 0 Å². The molecule has 2 aliphatic heterocycles. The van der Waals surface area contributed by atoms with Crippen LogP contribution in [-0.4, -0.2) is 6.71 Å². The van der Waals surface area contributed by atoms with Crippen LogP contribution in [-0.2, 0) is 27.1 Å². The SMILES string of the molecule is Cc1cc2c3c(c1)N(c1cccc4oc5ccccc5c14)c1ccc(C(C)(C)C)cc1B3c1cc3c(cc1N2c1cc2c(cc1C)C(C)(C)CC2(C)C)C(C)(C)CCC3(C)C. The van der Waals surface area contributed by atoms with E-state index in [0.717, 1.165) is 34.0 Å². The minimum atomic E-state index is -0.0233. The molecule has 0 atom stereocenters. The minimum Gasteiger partial charge on any atom is -0.456 e. The summed E-state index contributed by atoms with van der Waals surface area (Å²) in [4.78, 5) is 5.29. The first-order valence-corrected chi connectivity index (χ1v) is 22.8. The maximum absolute atomic E-state index is 6.58. The van der Waals surface area contributed by atoms with E-state index in [1.165, 1.54) is 96.6 Å². The number of para-hydroxylation sites is 1. The van der Waals surface area contributed by atoms with E-state index in [1.807, 2.05) is 0 Å². The molecule has 2 aliphatic carbocycles. The Hall–Kier alpha value is -5.22. The fourth-order valence-corrected chi connectivity index (χ4v) is 12.5. The van der Waals surface area contributed by atoms with E-state index >= 15 is 0 Å². The predicted octanol–water partition coefficient (Wildman–Crippen LogP) is 13.9. The smallest absolute Gasteiger partial charge is 0.252 e. The van der Waals surface area contributed by atoms with E-state index < -0.39 is 0 Å². The summed E-state index contributed by atoms with van der Waals surface area (Å²) in [5.41, 5.74) is 23.8. The highest BCUT2D eigenvalue weighted by molar-refractivity contribution is 7.00. The van der Waals surface area contributed by atoms with Crippen LogP contribution in [0.25, 0.3) is 21.9 Å². The second kappa shape index (κ2) is 12.2. The van der Waals surface area contributed by atoms with Crippen LogP contribution in [0, 0.1) is 13.8 Å². The summed E-state index contributed by atoms with van der Waals surface area (Å²) >= 11 is 0. The van der Waals surface area contributed by atoms with Gasteiger partial charge in [-0.3, -0.25) is 0 Å². The minimum absolute atomic E-state index is 0.0233. The summed E-state index contributed by atoms with van der Waals surface area (Å²) in [6.07, 6.45) is 3.50. The van der Waals surface area contributed by atoms with Gasteiger partial charge in [0.15, 0.2) is 0 Å². The van der Waals surface area contributed by atoms with Crippen molar-refractivity contribution in [3.05, 3.63) is 136 Å². The lowest BCUT2D eigenvalue weighted by molar-refractivity contribution is 0.332. The molecule has 0 fully saturated rings. The van der Waals surface area contributed by atoms with Gasteiger partial charge in [0.05, 0.1) is 11.1 Å². The summed E-state index contributed by atoms with van der Waals surface area (Å²) in [7, 11) is 0. The Kier molecular flexibility index (Phi) is 7.76. The van der Waals surface area contributed by atoms with Crippen molar-refractivity contribution in [2.45, 2.75) is 136 Å². The number of benzene rings is 6. The quantitative estimate of drug-likeness (QED) is 0.162. The second-order valence-corrected chi connectivity index (χ2v) is 22.9. The normalized spacial score (nSPS) is 18.8. The zero-order chi connectivity index (χ0) is 42.9. The number of rotatable bonds is 2. The van der Waals surface area contributed by atoms with Gasteiger partial charge in [-0.05, 0) is 164 Å². The largest absolute Gasteiger partial charge is 0.456 e. The zero-order valence-electron chi connectivity index (χ0n) is 38.7. The van der Waals surface area contributed by atoms with Gasteiger partial charge >= 0.3 is 0 Å². The number of nitrogens with zero attached hydrogens (tertiary/aromatic N) is 2. The summed E-state index contributed by atoms with van der Waals surface area (Å²) in [5.74, 6) is 0. The average Bonchev–Trinajstić information content (AvgIpc) is 3.65. The molecule has 0 saturated heterocycles. The van der Waals surface area contributed by atoms with Crippen LogP contribution < -0.4 is 26.2 Å². The lowest BCUT2D eigenvalue weighted by Crippen LogP contribution is -2.62. The van der Waals surface area contributed by atoms with Crippen molar-refractivity contribution in [3.8, 4) is 0 Å². The van der Waals surface area contributed by atoms with E-state index in [9.17, 15) is 0 Å². The summed E-state index contributed by atoms with van der Waals surface area (Å²) < 4.78 is 6.58. The molecule has 0 N–H and O–H groups in total. The topological polar surface area (TPSA) is 19.6 Å². The molecule has 0 radical (unpaired) electrons. The van der Waals surface area contributed by atoms with Gasteiger partial charge in [0.25, 0.3) is 6.71 Å². The van der Waals surface area contributed by atoms with E-state index in [2.05, 4.69) is 197 Å². The molecule has 0 spiro atoms. The van der Waals surface area contributed by atoms with E-state index in [-0.39, 0.29) is 33.8 Å². The van der Waals surface area contributed by atoms with Crippen molar-refractivity contribution < 1.29 is 4.42 Å². The van der Waals surface area contributed by atoms with Crippen molar-refractivity contribution in [2.24, 2.45) is 0 Å². The molecule has 7 aromatic rings. The molecule has 0 unspecified atom stereocenters. The van der Waals surface area contributed by atoms with Crippen LogP contribution in [0.5, 0.6) is 0 Å². The summed E-state index contributed by atoms with van der Waals surface area (Å²) in [6, 6.07) is 37.9. The van der Waals surface area contributed by atoms with Crippen LogP contribution in [0.3, 0.4) is 0 Å². The molecule has 0 bridgehead atoms. The van der Waals surface area contributed by atoms with Gasteiger partial charge in [-0.15, -0.1) is 0 Å². The molecule has 1 aromatic heterocycles. The van der Waals surface area contributed by atoms with E-state index in [1.54, 1.807) is 0 Å². The first-order chi connectivity index (χ1) is 28.7. The number of hydrogen-bond donors (Lipinski definition) is 0. The Morgan fingerprint density at radius 2 is 1.10 bits per heavy atom. The second-order valence-electron chi connectivity index (χ2n) is 22.9. The van der Waals surface area contributed by atoms with Crippen molar-refractivity contribution >= 4 is 79.2 Å². The molecule has 6 aromatic carbocycles. The van der Waals surface area contributed by atoms with E-state index in [4.69, 9.17) is 4.42 Å². The highest BCUT2D eigenvalue weighted by Gasteiger charge is 2.48. The monoisotopic (exact) mass is 800 g/mol. The van der Waals surface area contributed by atoms with Gasteiger partial charge in [0.2, 0.25) is 0 Å². The molecule has 0 saturated carbocycles. The van der Waals surface area contributed by atoms with Gasteiger partial charge < -0.3 is 14.2 Å².